The van der Waals surface area contributed by atoms with Gasteiger partial charge >= 0.3 is 0 Å². The normalized spacial score (nSPS) is 24.1. The first-order valence-corrected chi connectivity index (χ1v) is 14.2. The molecule has 2 aromatic rings. The molecule has 0 aromatic heterocycles. The van der Waals surface area contributed by atoms with Gasteiger partial charge in [0.05, 0.1) is 18.2 Å². The summed E-state index contributed by atoms with van der Waals surface area (Å²) in [5.74, 6) is -1.13. The largest absolute Gasteiger partial charge is 0.510 e. The molecule has 4 atom stereocenters. The number of carbonyl (C=O) groups is 4. The molecule has 0 saturated heterocycles. The summed E-state index contributed by atoms with van der Waals surface area (Å²) in [6, 6.07) is 8.72. The SMILES string of the molecule is CN(C)CC(=O)Nc1ccc(C#Cc2ccc(O)c3c2C[C@@H]2C[C@H]4[C@@H](N(C)C)C(O)=C(C(N)=O)C(=O)[C@]4(O)C(O)=C2C3=O)cc1. The Morgan fingerprint density at radius 3 is 2.29 bits per heavy atom. The highest BCUT2D eigenvalue weighted by Gasteiger charge is 2.63. The highest BCUT2D eigenvalue weighted by Crippen LogP contribution is 2.52. The summed E-state index contributed by atoms with van der Waals surface area (Å²) < 4.78 is 0. The Balaban J connectivity index is 1.53. The zero-order valence-corrected chi connectivity index (χ0v) is 25.2. The van der Waals surface area contributed by atoms with Crippen LogP contribution in [0.5, 0.6) is 5.75 Å². The summed E-state index contributed by atoms with van der Waals surface area (Å²) in [5, 5.41) is 47.6. The van der Waals surface area contributed by atoms with Crippen molar-refractivity contribution in [3.8, 4) is 17.6 Å². The number of allylic oxidation sites excluding steroid dienone is 1. The summed E-state index contributed by atoms with van der Waals surface area (Å²) in [6.07, 6.45) is 0.110. The quantitative estimate of drug-likeness (QED) is 0.209. The first-order valence-electron chi connectivity index (χ1n) is 14.2. The number of primary amides is 1. The smallest absolute Gasteiger partial charge is 0.255 e. The lowest BCUT2D eigenvalue weighted by atomic mass is 9.58. The maximum Gasteiger partial charge on any atom is 0.255 e. The highest BCUT2D eigenvalue weighted by molar-refractivity contribution is 6.24. The number of likely N-dealkylation sites (N-methyl/N-ethyl adjacent to an activating group) is 2. The van der Waals surface area contributed by atoms with E-state index in [1.54, 1.807) is 63.4 Å². The molecular formula is C33H34N4O8. The lowest BCUT2D eigenvalue weighted by Crippen LogP contribution is -2.63. The van der Waals surface area contributed by atoms with Gasteiger partial charge in [0, 0.05) is 28.3 Å². The molecule has 0 spiro atoms. The molecule has 0 bridgehead atoms. The number of aliphatic hydroxyl groups is 3. The summed E-state index contributed by atoms with van der Waals surface area (Å²) in [5.41, 5.74) is 3.61. The minimum atomic E-state index is -2.70. The van der Waals surface area contributed by atoms with Crippen LogP contribution in [0.2, 0.25) is 0 Å². The third kappa shape index (κ3) is 5.25. The molecule has 45 heavy (non-hydrogen) atoms. The Kier molecular flexibility index (Phi) is 8.05. The minimum Gasteiger partial charge on any atom is -0.510 e. The zero-order valence-electron chi connectivity index (χ0n) is 25.2. The zero-order chi connectivity index (χ0) is 33.0. The van der Waals surface area contributed by atoms with Crippen molar-refractivity contribution in [2.24, 2.45) is 17.6 Å². The maximum absolute atomic E-state index is 13.9. The third-order valence-corrected chi connectivity index (χ3v) is 8.58. The number of rotatable bonds is 5. The van der Waals surface area contributed by atoms with E-state index in [9.17, 15) is 39.6 Å². The van der Waals surface area contributed by atoms with Crippen LogP contribution in [0.1, 0.15) is 33.5 Å². The number of aromatic hydroxyl groups is 1. The van der Waals surface area contributed by atoms with E-state index in [2.05, 4.69) is 17.2 Å². The molecule has 7 N–H and O–H groups in total. The highest BCUT2D eigenvalue weighted by atomic mass is 16.3. The lowest BCUT2D eigenvalue weighted by Gasteiger charge is -2.50. The van der Waals surface area contributed by atoms with Crippen molar-refractivity contribution >= 4 is 29.1 Å². The number of anilines is 1. The number of aliphatic hydroxyl groups excluding tert-OH is 2. The van der Waals surface area contributed by atoms with Crippen LogP contribution in [0.3, 0.4) is 0 Å². The molecule has 0 unspecified atom stereocenters. The molecule has 0 radical (unpaired) electrons. The Morgan fingerprint density at radius 1 is 1.02 bits per heavy atom. The molecule has 0 heterocycles. The summed E-state index contributed by atoms with van der Waals surface area (Å²) >= 11 is 0. The van der Waals surface area contributed by atoms with E-state index in [1.807, 2.05) is 0 Å². The van der Waals surface area contributed by atoms with Crippen LogP contribution in [-0.2, 0) is 20.8 Å². The number of Topliss-reactive ketones (excluding diaryl/α,β-unsaturated/α-hetero) is 2. The monoisotopic (exact) mass is 614 g/mol. The number of benzene rings is 2. The molecule has 3 aliphatic rings. The molecule has 3 aliphatic carbocycles. The van der Waals surface area contributed by atoms with Gasteiger partial charge in [-0.2, -0.15) is 0 Å². The number of hydrogen-bond acceptors (Lipinski definition) is 10. The first kappa shape index (κ1) is 31.5. The van der Waals surface area contributed by atoms with E-state index in [4.69, 9.17) is 5.73 Å². The maximum atomic E-state index is 13.9. The van der Waals surface area contributed by atoms with Gasteiger partial charge in [-0.15, -0.1) is 0 Å². The minimum absolute atomic E-state index is 0.0186. The van der Waals surface area contributed by atoms with Gasteiger partial charge in [-0.25, -0.2) is 0 Å². The Labute approximate surface area is 259 Å². The van der Waals surface area contributed by atoms with Gasteiger partial charge in [0.2, 0.25) is 11.7 Å². The lowest BCUT2D eigenvalue weighted by molar-refractivity contribution is -0.148. The third-order valence-electron chi connectivity index (χ3n) is 8.58. The Hall–Kier alpha value is -4.96. The van der Waals surface area contributed by atoms with Crippen molar-refractivity contribution < 1.29 is 39.6 Å². The van der Waals surface area contributed by atoms with Crippen LogP contribution < -0.4 is 11.1 Å². The molecule has 12 nitrogen and oxygen atoms in total. The molecule has 0 fully saturated rings. The second-order valence-corrected chi connectivity index (χ2v) is 12.1. The number of phenols is 1. The average molecular weight is 615 g/mol. The molecule has 5 rings (SSSR count). The van der Waals surface area contributed by atoms with Crippen LogP contribution >= 0.6 is 0 Å². The van der Waals surface area contributed by atoms with Crippen molar-refractivity contribution in [1.82, 2.24) is 9.80 Å². The second kappa shape index (κ2) is 11.5. The summed E-state index contributed by atoms with van der Waals surface area (Å²) in [6.45, 7) is 0.236. The molecular weight excluding hydrogens is 580 g/mol. The van der Waals surface area contributed by atoms with E-state index in [0.717, 1.165) is 0 Å². The molecule has 2 amide bonds. The number of ketones is 2. The summed E-state index contributed by atoms with van der Waals surface area (Å²) in [7, 11) is 6.73. The van der Waals surface area contributed by atoms with Gasteiger partial charge in [-0.05, 0) is 88.9 Å². The Morgan fingerprint density at radius 2 is 1.69 bits per heavy atom. The molecule has 0 aliphatic heterocycles. The Bertz CT molecular complexity index is 1760. The van der Waals surface area contributed by atoms with E-state index in [0.29, 0.717) is 22.4 Å². The molecule has 0 saturated carbocycles. The topological polar surface area (TPSA) is 194 Å². The van der Waals surface area contributed by atoms with Crippen LogP contribution in [0, 0.1) is 23.7 Å². The van der Waals surface area contributed by atoms with Crippen LogP contribution in [-0.4, -0.2) is 100.0 Å². The van der Waals surface area contributed by atoms with E-state index < -0.39 is 58.0 Å². The number of nitrogens with one attached hydrogen (secondary N) is 1. The van der Waals surface area contributed by atoms with Crippen molar-refractivity contribution in [2.75, 3.05) is 40.1 Å². The van der Waals surface area contributed by atoms with Crippen LogP contribution in [0.25, 0.3) is 0 Å². The fourth-order valence-corrected chi connectivity index (χ4v) is 6.63. The van der Waals surface area contributed by atoms with Gasteiger partial charge in [-0.3, -0.25) is 24.1 Å². The number of phenolic OH excluding ortho intramolecular Hbond substituents is 1. The summed E-state index contributed by atoms with van der Waals surface area (Å²) in [4.78, 5) is 54.7. The number of amides is 2. The fraction of sp³-hybridized carbons (Fsp3) is 0.333. The number of hydrogen-bond donors (Lipinski definition) is 6. The molecule has 2 aromatic carbocycles. The van der Waals surface area contributed by atoms with Crippen LogP contribution in [0.15, 0.2) is 59.1 Å². The number of carbonyl (C=O) groups excluding carboxylic acids is 4. The predicted octanol–water partition coefficient (Wildman–Crippen LogP) is 1.02. The molecule has 12 heteroatoms. The van der Waals surface area contributed by atoms with Gasteiger partial charge in [0.1, 0.15) is 22.8 Å². The van der Waals surface area contributed by atoms with Crippen LogP contribution in [0.4, 0.5) is 5.69 Å². The van der Waals surface area contributed by atoms with Crippen molar-refractivity contribution in [3.05, 3.63) is 81.3 Å². The standard InChI is InChI=1S/C33H34N4O8/c1-36(2)15-23(39)35-19-10-6-16(7-11-19)5-8-17-9-12-22(38)25-20(17)13-18-14-21-27(37(3)4)29(41)26(32(34)44)31(43)33(21,45)30(42)24(18)28(25)40/h6-7,9-12,18,21,27,38,41-42,45H,13-15H2,1-4H3,(H2,34,44)(H,35,39)/t18-,21+,27-,33-/m1/s1. The average Bonchev–Trinajstić information content (AvgIpc) is 2.94. The number of fused-ring (bicyclic) bond motifs is 3. The molecule has 234 valence electrons. The van der Waals surface area contributed by atoms with E-state index in [1.165, 1.54) is 11.0 Å². The van der Waals surface area contributed by atoms with Gasteiger partial charge in [-0.1, -0.05) is 11.8 Å². The van der Waals surface area contributed by atoms with E-state index in [-0.39, 0.29) is 42.2 Å². The fourth-order valence-electron chi connectivity index (χ4n) is 6.63. The van der Waals surface area contributed by atoms with Crippen molar-refractivity contribution in [1.29, 1.82) is 0 Å². The number of nitrogens with two attached hydrogens (primary N) is 1. The second-order valence-electron chi connectivity index (χ2n) is 12.1. The van der Waals surface area contributed by atoms with E-state index >= 15 is 0 Å². The predicted molar refractivity (Wildman–Crippen MR) is 163 cm³/mol. The first-order chi connectivity index (χ1) is 21.2. The van der Waals surface area contributed by atoms with Gasteiger partial charge < -0.3 is 36.4 Å². The van der Waals surface area contributed by atoms with Gasteiger partial charge in [0.15, 0.2) is 11.4 Å². The van der Waals surface area contributed by atoms with Crippen molar-refractivity contribution in [3.63, 3.8) is 0 Å². The van der Waals surface area contributed by atoms with Crippen molar-refractivity contribution in [2.45, 2.75) is 24.5 Å². The van der Waals surface area contributed by atoms with Gasteiger partial charge in [0.25, 0.3) is 5.91 Å². The number of nitrogens with zero attached hydrogens (tertiary/aromatic N) is 2.